The van der Waals surface area contributed by atoms with E-state index in [2.05, 4.69) is 10.2 Å². The van der Waals surface area contributed by atoms with Crippen molar-refractivity contribution in [2.24, 2.45) is 5.41 Å². The van der Waals surface area contributed by atoms with Crippen LogP contribution in [-0.2, 0) is 15.4 Å². The number of aromatic nitrogens is 4. The van der Waals surface area contributed by atoms with Gasteiger partial charge in [0.25, 0.3) is 6.43 Å². The van der Waals surface area contributed by atoms with Gasteiger partial charge < -0.3 is 4.74 Å². The Labute approximate surface area is 178 Å². The van der Waals surface area contributed by atoms with E-state index in [4.69, 9.17) is 21.3 Å². The number of pyridine rings is 2. The number of esters is 1. The van der Waals surface area contributed by atoms with E-state index in [9.17, 15) is 13.6 Å². The van der Waals surface area contributed by atoms with Crippen LogP contribution in [0.5, 0.6) is 0 Å². The van der Waals surface area contributed by atoms with E-state index in [1.165, 1.54) is 17.7 Å². The molecule has 3 aromatic heterocycles. The molecule has 6 nitrogen and oxygen atoms in total. The number of carbonyl (C=O) groups excluding carboxylic acids is 1. The average molecular weight is 437 g/mol. The highest BCUT2D eigenvalue weighted by Gasteiger charge is 2.42. The van der Waals surface area contributed by atoms with Gasteiger partial charge in [-0.25, -0.2) is 8.78 Å². The molecule has 0 fully saturated rings. The number of rotatable bonds is 6. The van der Waals surface area contributed by atoms with E-state index < -0.39 is 29.6 Å². The lowest BCUT2D eigenvalue weighted by Crippen LogP contribution is -2.34. The molecule has 0 aliphatic heterocycles. The van der Waals surface area contributed by atoms with Gasteiger partial charge in [0.15, 0.2) is 5.65 Å². The molecule has 0 aliphatic carbocycles. The SMILES string of the molecule is COC(=O)C(C)(C)C(c1ccc(C)c(CCl)n1)c1ccn2c(C(F)F)nnc2c1C. The maximum absolute atomic E-state index is 13.2. The summed E-state index contributed by atoms with van der Waals surface area (Å²) in [5, 5.41) is 7.57. The Kier molecular flexibility index (Phi) is 6.08. The van der Waals surface area contributed by atoms with Crippen molar-refractivity contribution in [3.05, 3.63) is 58.3 Å². The van der Waals surface area contributed by atoms with E-state index in [0.717, 1.165) is 11.1 Å². The zero-order valence-electron chi connectivity index (χ0n) is 17.4. The summed E-state index contributed by atoms with van der Waals surface area (Å²) in [4.78, 5) is 17.4. The van der Waals surface area contributed by atoms with E-state index >= 15 is 0 Å². The van der Waals surface area contributed by atoms with Crippen molar-refractivity contribution in [1.29, 1.82) is 0 Å². The Morgan fingerprint density at radius 1 is 1.23 bits per heavy atom. The van der Waals surface area contributed by atoms with Crippen LogP contribution in [0.15, 0.2) is 24.4 Å². The van der Waals surface area contributed by atoms with E-state index in [0.29, 0.717) is 22.6 Å². The molecule has 0 spiro atoms. The molecule has 0 radical (unpaired) electrons. The predicted octanol–water partition coefficient (Wildman–Crippen LogP) is 4.75. The molecule has 0 aliphatic rings. The molecule has 0 N–H and O–H groups in total. The number of fused-ring (bicyclic) bond motifs is 1. The molecular weight excluding hydrogens is 414 g/mol. The number of hydrogen-bond donors (Lipinski definition) is 0. The zero-order valence-corrected chi connectivity index (χ0v) is 18.2. The molecule has 3 rings (SSSR count). The van der Waals surface area contributed by atoms with Crippen molar-refractivity contribution in [1.82, 2.24) is 19.6 Å². The van der Waals surface area contributed by atoms with Crippen LogP contribution in [0.4, 0.5) is 8.78 Å². The summed E-state index contributed by atoms with van der Waals surface area (Å²) < 4.78 is 32.8. The van der Waals surface area contributed by atoms with Gasteiger partial charge in [0.1, 0.15) is 0 Å². The van der Waals surface area contributed by atoms with Crippen molar-refractivity contribution in [3.8, 4) is 0 Å². The first-order valence-corrected chi connectivity index (χ1v) is 9.90. The maximum Gasteiger partial charge on any atom is 0.312 e. The lowest BCUT2D eigenvalue weighted by atomic mass is 9.72. The Bertz CT molecular complexity index is 1100. The molecule has 30 heavy (non-hydrogen) atoms. The molecule has 1 atom stereocenters. The van der Waals surface area contributed by atoms with Crippen molar-refractivity contribution >= 4 is 23.2 Å². The Hall–Kier alpha value is -2.61. The molecule has 160 valence electrons. The zero-order chi connectivity index (χ0) is 22.2. The van der Waals surface area contributed by atoms with Gasteiger partial charge in [-0.2, -0.15) is 0 Å². The number of nitrogens with zero attached hydrogens (tertiary/aromatic N) is 4. The van der Waals surface area contributed by atoms with E-state index in [-0.39, 0.29) is 5.88 Å². The Balaban J connectivity index is 2.28. The summed E-state index contributed by atoms with van der Waals surface area (Å²) in [6, 6.07) is 5.45. The van der Waals surface area contributed by atoms with Crippen LogP contribution in [0.25, 0.3) is 5.65 Å². The van der Waals surface area contributed by atoms with Crippen LogP contribution < -0.4 is 0 Å². The van der Waals surface area contributed by atoms with Crippen molar-refractivity contribution in [2.45, 2.75) is 45.9 Å². The van der Waals surface area contributed by atoms with Crippen LogP contribution in [0, 0.1) is 19.3 Å². The normalized spacial score (nSPS) is 13.1. The number of ether oxygens (including phenoxy) is 1. The summed E-state index contributed by atoms with van der Waals surface area (Å²) >= 11 is 6.05. The van der Waals surface area contributed by atoms with Gasteiger partial charge in [-0.15, -0.1) is 21.8 Å². The maximum atomic E-state index is 13.2. The summed E-state index contributed by atoms with van der Waals surface area (Å²) in [5.74, 6) is -1.15. The van der Waals surface area contributed by atoms with E-state index in [1.807, 2.05) is 19.1 Å². The van der Waals surface area contributed by atoms with Gasteiger partial charge in [0.05, 0.1) is 24.1 Å². The smallest absolute Gasteiger partial charge is 0.312 e. The minimum Gasteiger partial charge on any atom is -0.469 e. The van der Waals surface area contributed by atoms with Gasteiger partial charge in [-0.3, -0.25) is 14.2 Å². The Morgan fingerprint density at radius 2 is 1.93 bits per heavy atom. The second-order valence-electron chi connectivity index (χ2n) is 7.73. The number of alkyl halides is 3. The Morgan fingerprint density at radius 3 is 2.53 bits per heavy atom. The third-order valence-electron chi connectivity index (χ3n) is 5.48. The summed E-state index contributed by atoms with van der Waals surface area (Å²) in [6.07, 6.45) is -1.26. The molecule has 0 saturated carbocycles. The lowest BCUT2D eigenvalue weighted by molar-refractivity contribution is -0.151. The fourth-order valence-corrected chi connectivity index (χ4v) is 4.03. The minimum absolute atomic E-state index is 0.227. The number of aryl methyl sites for hydroxylation is 2. The first-order chi connectivity index (χ1) is 14.1. The van der Waals surface area contributed by atoms with Crippen molar-refractivity contribution in [2.75, 3.05) is 7.11 Å². The molecular formula is C21H23ClF2N4O2. The average Bonchev–Trinajstić information content (AvgIpc) is 3.15. The van der Waals surface area contributed by atoms with Crippen LogP contribution in [0.1, 0.15) is 60.1 Å². The highest BCUT2D eigenvalue weighted by Crippen LogP contribution is 2.43. The molecule has 3 heterocycles. The third-order valence-corrected chi connectivity index (χ3v) is 5.73. The van der Waals surface area contributed by atoms with Gasteiger partial charge in [0, 0.05) is 17.8 Å². The fraction of sp³-hybridized carbons (Fsp3) is 0.429. The number of hydrogen-bond acceptors (Lipinski definition) is 5. The van der Waals surface area contributed by atoms with Crippen molar-refractivity contribution < 1.29 is 18.3 Å². The summed E-state index contributed by atoms with van der Waals surface area (Å²) in [7, 11) is 1.33. The molecule has 0 aromatic carbocycles. The largest absolute Gasteiger partial charge is 0.469 e. The number of methoxy groups -OCH3 is 1. The van der Waals surface area contributed by atoms with Crippen LogP contribution >= 0.6 is 11.6 Å². The molecule has 9 heteroatoms. The first-order valence-electron chi connectivity index (χ1n) is 9.36. The molecule has 0 bridgehead atoms. The molecule has 1 unspecified atom stereocenters. The van der Waals surface area contributed by atoms with E-state index in [1.54, 1.807) is 26.8 Å². The number of halogens is 3. The highest BCUT2D eigenvalue weighted by atomic mass is 35.5. The fourth-order valence-electron chi connectivity index (χ4n) is 3.76. The lowest BCUT2D eigenvalue weighted by Gasteiger charge is -2.33. The van der Waals surface area contributed by atoms with Gasteiger partial charge in [-0.05, 0) is 56.5 Å². The van der Waals surface area contributed by atoms with Gasteiger partial charge in [0.2, 0.25) is 5.82 Å². The molecule has 0 saturated heterocycles. The van der Waals surface area contributed by atoms with Crippen LogP contribution in [0.3, 0.4) is 0 Å². The standard InChI is InChI=1S/C21H23ClF2N4O2/c1-11-6-7-14(25-15(11)10-22)16(21(3,4)20(29)30-5)13-8-9-28-18(12(13)2)26-27-19(28)17(23)24/h6-9,16-17H,10H2,1-5H3. The van der Waals surface area contributed by atoms with Gasteiger partial charge >= 0.3 is 5.97 Å². The van der Waals surface area contributed by atoms with Crippen LogP contribution in [-0.4, -0.2) is 32.7 Å². The highest BCUT2D eigenvalue weighted by molar-refractivity contribution is 6.17. The molecule has 0 amide bonds. The minimum atomic E-state index is -2.75. The second kappa shape index (κ2) is 8.26. The number of carbonyl (C=O) groups is 1. The first kappa shape index (κ1) is 22.1. The van der Waals surface area contributed by atoms with Gasteiger partial charge in [-0.1, -0.05) is 6.07 Å². The topological polar surface area (TPSA) is 69.4 Å². The second-order valence-corrected chi connectivity index (χ2v) is 8.00. The third kappa shape index (κ3) is 3.64. The summed E-state index contributed by atoms with van der Waals surface area (Å²) in [5.41, 5.74) is 2.94. The van der Waals surface area contributed by atoms with Crippen molar-refractivity contribution in [3.63, 3.8) is 0 Å². The van der Waals surface area contributed by atoms with Crippen LogP contribution in [0.2, 0.25) is 0 Å². The quantitative estimate of drug-likeness (QED) is 0.412. The summed E-state index contributed by atoms with van der Waals surface area (Å²) in [6.45, 7) is 7.22. The predicted molar refractivity (Wildman–Crippen MR) is 109 cm³/mol. The molecule has 3 aromatic rings. The monoisotopic (exact) mass is 436 g/mol.